The highest BCUT2D eigenvalue weighted by Gasteiger charge is 2.24. The molecule has 2 aliphatic rings. The third-order valence-corrected chi connectivity index (χ3v) is 6.09. The molecule has 4 heteroatoms. The summed E-state index contributed by atoms with van der Waals surface area (Å²) in [5.41, 5.74) is 3.19. The van der Waals surface area contributed by atoms with Gasteiger partial charge in [-0.25, -0.2) is 0 Å². The number of carbonyl (C=O) groups is 2. The minimum absolute atomic E-state index is 0.00644. The molecule has 28 heavy (non-hydrogen) atoms. The zero-order valence-corrected chi connectivity index (χ0v) is 16.3. The van der Waals surface area contributed by atoms with Gasteiger partial charge in [0.25, 0.3) is 5.91 Å². The molecule has 2 aromatic carbocycles. The van der Waals surface area contributed by atoms with Gasteiger partial charge in [0.2, 0.25) is 5.91 Å². The third kappa shape index (κ3) is 4.44. The fourth-order valence-corrected chi connectivity index (χ4v) is 4.42. The molecule has 2 aromatic rings. The summed E-state index contributed by atoms with van der Waals surface area (Å²) in [7, 11) is 0. The second kappa shape index (κ2) is 8.59. The Hall–Kier alpha value is -2.62. The number of amides is 2. The van der Waals surface area contributed by atoms with Crippen LogP contribution in [0.1, 0.15) is 65.9 Å². The lowest BCUT2D eigenvalue weighted by molar-refractivity contribution is -0.128. The van der Waals surface area contributed by atoms with Crippen LogP contribution in [0.3, 0.4) is 0 Å². The number of likely N-dealkylation sites (tertiary alicyclic amines) is 1. The Morgan fingerprint density at radius 2 is 1.68 bits per heavy atom. The maximum Gasteiger partial charge on any atom is 0.251 e. The van der Waals surface area contributed by atoms with E-state index in [0.29, 0.717) is 24.4 Å². The lowest BCUT2D eigenvalue weighted by Gasteiger charge is -2.29. The highest BCUT2D eigenvalue weighted by molar-refractivity contribution is 5.94. The van der Waals surface area contributed by atoms with E-state index in [0.717, 1.165) is 44.2 Å². The Kier molecular flexibility index (Phi) is 5.75. The van der Waals surface area contributed by atoms with Gasteiger partial charge < -0.3 is 10.2 Å². The van der Waals surface area contributed by atoms with Crippen LogP contribution in [-0.4, -0.2) is 29.3 Å². The van der Waals surface area contributed by atoms with E-state index in [2.05, 4.69) is 35.6 Å². The molecule has 1 aliphatic heterocycles. The molecule has 0 unspecified atom stereocenters. The van der Waals surface area contributed by atoms with Gasteiger partial charge in [-0.2, -0.15) is 0 Å². The molecule has 2 fully saturated rings. The zero-order valence-electron chi connectivity index (χ0n) is 16.3. The summed E-state index contributed by atoms with van der Waals surface area (Å²) >= 11 is 0. The Balaban J connectivity index is 1.27. The number of benzene rings is 2. The molecule has 1 saturated heterocycles. The molecular weight excluding hydrogens is 348 g/mol. The molecule has 4 nitrogen and oxygen atoms in total. The van der Waals surface area contributed by atoms with Crippen molar-refractivity contribution >= 4 is 11.8 Å². The smallest absolute Gasteiger partial charge is 0.251 e. The highest BCUT2D eigenvalue weighted by Crippen LogP contribution is 2.32. The minimum Gasteiger partial charge on any atom is -0.349 e. The maximum atomic E-state index is 12.6. The predicted octanol–water partition coefficient (Wildman–Crippen LogP) is 4.27. The molecule has 4 rings (SSSR count). The van der Waals surface area contributed by atoms with Crippen molar-refractivity contribution in [2.45, 2.75) is 57.0 Å². The molecule has 0 radical (unpaired) electrons. The van der Waals surface area contributed by atoms with E-state index in [1.165, 1.54) is 5.56 Å². The van der Waals surface area contributed by atoms with Gasteiger partial charge in [-0.1, -0.05) is 42.5 Å². The first-order valence-electron chi connectivity index (χ1n) is 10.4. The van der Waals surface area contributed by atoms with Crippen LogP contribution in [0.25, 0.3) is 0 Å². The summed E-state index contributed by atoms with van der Waals surface area (Å²) in [4.78, 5) is 26.2. The van der Waals surface area contributed by atoms with Gasteiger partial charge in [-0.05, 0) is 61.3 Å². The van der Waals surface area contributed by atoms with Crippen LogP contribution in [0.4, 0.5) is 0 Å². The van der Waals surface area contributed by atoms with Crippen molar-refractivity contribution in [2.75, 3.05) is 6.54 Å². The van der Waals surface area contributed by atoms with Crippen LogP contribution in [0, 0.1) is 0 Å². The van der Waals surface area contributed by atoms with Crippen LogP contribution in [0.5, 0.6) is 0 Å². The summed E-state index contributed by atoms with van der Waals surface area (Å²) in [6, 6.07) is 18.6. The standard InChI is InChI=1S/C24H28N2O2/c27-23-7-4-16-26(23)17-18-8-10-21(11-9-18)24(28)25-22-14-12-20(13-15-22)19-5-2-1-3-6-19/h1-3,5-6,8-11,20,22H,4,7,12-17H2,(H,25,28). The average Bonchev–Trinajstić information content (AvgIpc) is 3.14. The van der Waals surface area contributed by atoms with Crippen LogP contribution >= 0.6 is 0 Å². The van der Waals surface area contributed by atoms with Crippen LogP contribution < -0.4 is 5.32 Å². The Bertz CT molecular complexity index is 808. The molecule has 2 amide bonds. The van der Waals surface area contributed by atoms with E-state index in [1.807, 2.05) is 29.2 Å². The molecule has 1 saturated carbocycles. The van der Waals surface area contributed by atoms with Crippen molar-refractivity contribution in [1.29, 1.82) is 0 Å². The molecule has 146 valence electrons. The summed E-state index contributed by atoms with van der Waals surface area (Å²) in [5, 5.41) is 3.20. The van der Waals surface area contributed by atoms with E-state index < -0.39 is 0 Å². The summed E-state index contributed by atoms with van der Waals surface area (Å²) < 4.78 is 0. The van der Waals surface area contributed by atoms with Crippen LogP contribution in [-0.2, 0) is 11.3 Å². The first kappa shape index (κ1) is 18.7. The highest BCUT2D eigenvalue weighted by atomic mass is 16.2. The van der Waals surface area contributed by atoms with Crippen molar-refractivity contribution in [2.24, 2.45) is 0 Å². The van der Waals surface area contributed by atoms with Crippen molar-refractivity contribution in [3.63, 3.8) is 0 Å². The van der Waals surface area contributed by atoms with Gasteiger partial charge in [0.05, 0.1) is 0 Å². The molecule has 1 N–H and O–H groups in total. The van der Waals surface area contributed by atoms with E-state index in [1.54, 1.807) is 0 Å². The van der Waals surface area contributed by atoms with Gasteiger partial charge in [-0.15, -0.1) is 0 Å². The first-order valence-corrected chi connectivity index (χ1v) is 10.4. The maximum absolute atomic E-state index is 12.6. The monoisotopic (exact) mass is 376 g/mol. The molecular formula is C24H28N2O2. The number of hydrogen-bond donors (Lipinski definition) is 1. The van der Waals surface area contributed by atoms with Crippen molar-refractivity contribution in [1.82, 2.24) is 10.2 Å². The quantitative estimate of drug-likeness (QED) is 0.847. The predicted molar refractivity (Wildman–Crippen MR) is 110 cm³/mol. The van der Waals surface area contributed by atoms with Gasteiger partial charge in [0.1, 0.15) is 0 Å². The summed E-state index contributed by atoms with van der Waals surface area (Å²) in [6.45, 7) is 1.48. The van der Waals surface area contributed by atoms with Crippen molar-refractivity contribution in [3.05, 3.63) is 71.3 Å². The summed E-state index contributed by atoms with van der Waals surface area (Å²) in [5.74, 6) is 0.849. The molecule has 0 bridgehead atoms. The normalized spacial score (nSPS) is 22.3. The lowest BCUT2D eigenvalue weighted by atomic mass is 9.82. The number of nitrogens with zero attached hydrogens (tertiary/aromatic N) is 1. The van der Waals surface area contributed by atoms with E-state index in [4.69, 9.17) is 0 Å². The first-order chi connectivity index (χ1) is 13.7. The fourth-order valence-electron chi connectivity index (χ4n) is 4.42. The minimum atomic E-state index is 0.00644. The number of carbonyl (C=O) groups excluding carboxylic acids is 2. The van der Waals surface area contributed by atoms with E-state index in [-0.39, 0.29) is 17.9 Å². The van der Waals surface area contributed by atoms with Crippen LogP contribution in [0.15, 0.2) is 54.6 Å². The van der Waals surface area contributed by atoms with E-state index in [9.17, 15) is 9.59 Å². The van der Waals surface area contributed by atoms with Crippen LogP contribution in [0.2, 0.25) is 0 Å². The Morgan fingerprint density at radius 3 is 2.32 bits per heavy atom. The van der Waals surface area contributed by atoms with Gasteiger partial charge in [0, 0.05) is 31.1 Å². The number of nitrogens with one attached hydrogen (secondary N) is 1. The van der Waals surface area contributed by atoms with Crippen molar-refractivity contribution < 1.29 is 9.59 Å². The molecule has 0 aromatic heterocycles. The van der Waals surface area contributed by atoms with Crippen molar-refractivity contribution in [3.8, 4) is 0 Å². The Labute approximate surface area is 166 Å². The second-order valence-corrected chi connectivity index (χ2v) is 8.05. The van der Waals surface area contributed by atoms with Gasteiger partial charge in [0.15, 0.2) is 0 Å². The van der Waals surface area contributed by atoms with Gasteiger partial charge >= 0.3 is 0 Å². The Morgan fingerprint density at radius 1 is 0.964 bits per heavy atom. The largest absolute Gasteiger partial charge is 0.349 e. The average molecular weight is 377 g/mol. The topological polar surface area (TPSA) is 49.4 Å². The fraction of sp³-hybridized carbons (Fsp3) is 0.417. The number of hydrogen-bond acceptors (Lipinski definition) is 2. The third-order valence-electron chi connectivity index (χ3n) is 6.09. The molecule has 0 atom stereocenters. The van der Waals surface area contributed by atoms with Gasteiger partial charge in [-0.3, -0.25) is 9.59 Å². The van der Waals surface area contributed by atoms with E-state index >= 15 is 0 Å². The molecule has 1 heterocycles. The summed E-state index contributed by atoms with van der Waals surface area (Å²) in [6.07, 6.45) is 5.91. The molecule has 0 spiro atoms. The lowest BCUT2D eigenvalue weighted by Crippen LogP contribution is -2.37. The number of rotatable bonds is 5. The second-order valence-electron chi connectivity index (χ2n) is 8.05. The SMILES string of the molecule is O=C(NC1CCC(c2ccccc2)CC1)c1ccc(CN2CCCC2=O)cc1. The zero-order chi connectivity index (χ0) is 19.3. The molecule has 1 aliphatic carbocycles.